The van der Waals surface area contributed by atoms with Crippen molar-refractivity contribution in [1.82, 2.24) is 0 Å². The zero-order valence-corrected chi connectivity index (χ0v) is 11.5. The Morgan fingerprint density at radius 3 is 1.22 bits per heavy atom. The molecule has 0 saturated heterocycles. The van der Waals surface area contributed by atoms with Crippen LogP contribution in [0.15, 0.2) is 47.6 Å². The second-order valence-electron chi connectivity index (χ2n) is 5.07. The Balaban J connectivity index is 2.73. The lowest BCUT2D eigenvalue weighted by atomic mass is 9.69. The lowest BCUT2D eigenvalue weighted by Gasteiger charge is -2.40. The molecule has 23 heavy (non-hydrogen) atoms. The number of hydrogen-bond donors (Lipinski definition) is 0. The highest BCUT2D eigenvalue weighted by Crippen LogP contribution is 2.60. The summed E-state index contributed by atoms with van der Waals surface area (Å²) in [5.74, 6) is -1.18. The van der Waals surface area contributed by atoms with E-state index in [9.17, 15) is 35.9 Å². The van der Waals surface area contributed by atoms with Crippen molar-refractivity contribution in [2.45, 2.75) is 25.2 Å². The highest BCUT2D eigenvalue weighted by atomic mass is 19.4. The number of carbonyl (C=O) groups excluding carboxylic acids is 2. The molecule has 0 aromatic carbocycles. The van der Waals surface area contributed by atoms with E-state index in [0.717, 1.165) is 0 Å². The smallest absolute Gasteiger partial charge is 0.295 e. The fourth-order valence-corrected chi connectivity index (χ4v) is 2.60. The van der Waals surface area contributed by atoms with Crippen LogP contribution in [0.25, 0.3) is 0 Å². The number of allylic oxidation sites excluding steroid dienone is 8. The molecular weight excluding hydrogens is 326 g/mol. The molecule has 0 fully saturated rings. The van der Waals surface area contributed by atoms with E-state index in [0.29, 0.717) is 36.5 Å². The molecule has 0 N–H and O–H groups in total. The van der Waals surface area contributed by atoms with Gasteiger partial charge in [-0.25, -0.2) is 0 Å². The van der Waals surface area contributed by atoms with E-state index in [1.165, 1.54) is 0 Å². The fraction of sp³-hybridized carbons (Fsp3) is 0.333. The Hall–Kier alpha value is -2.12. The van der Waals surface area contributed by atoms with Crippen molar-refractivity contribution in [3.63, 3.8) is 0 Å². The van der Waals surface area contributed by atoms with Gasteiger partial charge in [0.2, 0.25) is 5.41 Å². The minimum Gasteiger partial charge on any atom is -0.295 e. The zero-order valence-electron chi connectivity index (χ0n) is 11.5. The van der Waals surface area contributed by atoms with E-state index in [-0.39, 0.29) is 0 Å². The zero-order chi connectivity index (χ0) is 17.5. The first-order valence-electron chi connectivity index (χ1n) is 6.46. The van der Waals surface area contributed by atoms with Crippen molar-refractivity contribution >= 4 is 11.6 Å². The van der Waals surface area contributed by atoms with Crippen LogP contribution >= 0.6 is 0 Å². The summed E-state index contributed by atoms with van der Waals surface area (Å²) in [6.07, 6.45) is -8.75. The molecule has 2 rings (SSSR count). The molecule has 0 amide bonds. The maximum Gasteiger partial charge on any atom is 0.411 e. The molecule has 124 valence electrons. The van der Waals surface area contributed by atoms with E-state index in [2.05, 4.69) is 0 Å². The second kappa shape index (κ2) is 5.50. The molecule has 0 radical (unpaired) electrons. The Kier molecular flexibility index (Phi) is 4.13. The van der Waals surface area contributed by atoms with Crippen LogP contribution in [-0.2, 0) is 9.59 Å². The van der Waals surface area contributed by atoms with Crippen LogP contribution in [0.1, 0.15) is 12.8 Å². The van der Waals surface area contributed by atoms with Gasteiger partial charge in [-0.2, -0.15) is 26.3 Å². The summed E-state index contributed by atoms with van der Waals surface area (Å²) in [4.78, 5) is 22.2. The van der Waals surface area contributed by atoms with E-state index < -0.39 is 53.3 Å². The molecule has 2 aliphatic carbocycles. The first-order chi connectivity index (χ1) is 10.5. The molecule has 0 saturated carbocycles. The van der Waals surface area contributed by atoms with Gasteiger partial charge in [-0.15, -0.1) is 0 Å². The Morgan fingerprint density at radius 2 is 1.00 bits per heavy atom. The van der Waals surface area contributed by atoms with Gasteiger partial charge in [-0.05, 0) is 23.3 Å². The van der Waals surface area contributed by atoms with E-state index in [1.807, 2.05) is 0 Å². The largest absolute Gasteiger partial charge is 0.411 e. The second-order valence-corrected chi connectivity index (χ2v) is 5.07. The predicted octanol–water partition coefficient (Wildman–Crippen LogP) is 4.01. The lowest BCUT2D eigenvalue weighted by molar-refractivity contribution is -0.308. The number of rotatable bonds is 2. The van der Waals surface area contributed by atoms with Crippen LogP contribution in [0.2, 0.25) is 0 Å². The van der Waals surface area contributed by atoms with Gasteiger partial charge in [-0.3, -0.25) is 9.59 Å². The summed E-state index contributed by atoms with van der Waals surface area (Å²) in [5, 5.41) is 0. The molecule has 0 aromatic heterocycles. The van der Waals surface area contributed by atoms with E-state index in [4.69, 9.17) is 0 Å². The molecule has 0 aromatic rings. The monoisotopic (exact) mass is 336 g/mol. The minimum absolute atomic E-state index is 0.540. The van der Waals surface area contributed by atoms with E-state index in [1.54, 1.807) is 0 Å². The highest BCUT2D eigenvalue weighted by molar-refractivity contribution is 5.94. The van der Waals surface area contributed by atoms with Gasteiger partial charge < -0.3 is 0 Å². The Bertz CT molecular complexity index is 600. The standard InChI is InChI=1S/C15H10F6O2/c16-14(17,18)13(15(19,20)21,9-1-5-11(22)6-2-9)10-3-7-12(23)8-4-10/h1-5,7H,6,8H2. The molecule has 0 unspecified atom stereocenters. The van der Waals surface area contributed by atoms with Crippen molar-refractivity contribution in [3.05, 3.63) is 47.6 Å². The molecule has 0 heterocycles. The minimum atomic E-state index is -5.70. The van der Waals surface area contributed by atoms with Crippen molar-refractivity contribution in [3.8, 4) is 0 Å². The van der Waals surface area contributed by atoms with Gasteiger partial charge >= 0.3 is 12.4 Å². The average molecular weight is 336 g/mol. The summed E-state index contributed by atoms with van der Waals surface area (Å²) in [7, 11) is 0. The number of ketones is 2. The number of alkyl halides is 6. The first kappa shape index (κ1) is 17.2. The summed E-state index contributed by atoms with van der Waals surface area (Å²) < 4.78 is 81.6. The average Bonchev–Trinajstić information content (AvgIpc) is 2.40. The topological polar surface area (TPSA) is 34.1 Å². The molecule has 0 spiro atoms. The van der Waals surface area contributed by atoms with Crippen LogP contribution in [0.3, 0.4) is 0 Å². The van der Waals surface area contributed by atoms with Crippen molar-refractivity contribution in [2.24, 2.45) is 5.41 Å². The third-order valence-corrected chi connectivity index (χ3v) is 3.66. The molecular formula is C15H10F6O2. The van der Waals surface area contributed by atoms with Crippen LogP contribution in [0.5, 0.6) is 0 Å². The SMILES string of the molecule is O=C1C=CC(C(C2=CCC(=O)C=C2)(C(F)(F)F)C(F)(F)F)=CC1. The lowest BCUT2D eigenvalue weighted by Crippen LogP contribution is -2.52. The van der Waals surface area contributed by atoms with Gasteiger partial charge in [0.15, 0.2) is 11.6 Å². The van der Waals surface area contributed by atoms with Crippen LogP contribution < -0.4 is 0 Å². The van der Waals surface area contributed by atoms with Crippen molar-refractivity contribution in [1.29, 1.82) is 0 Å². The summed E-state index contributed by atoms with van der Waals surface area (Å²) >= 11 is 0. The van der Waals surface area contributed by atoms with Gasteiger partial charge in [-0.1, -0.05) is 24.3 Å². The quantitative estimate of drug-likeness (QED) is 0.714. The number of hydrogen-bond acceptors (Lipinski definition) is 2. The van der Waals surface area contributed by atoms with E-state index >= 15 is 0 Å². The fourth-order valence-electron chi connectivity index (χ4n) is 2.60. The molecule has 8 heteroatoms. The van der Waals surface area contributed by atoms with Crippen molar-refractivity contribution < 1.29 is 35.9 Å². The van der Waals surface area contributed by atoms with Crippen LogP contribution in [-0.4, -0.2) is 23.9 Å². The number of carbonyl (C=O) groups is 2. The third kappa shape index (κ3) is 2.77. The normalized spacial score (nSPS) is 19.7. The summed E-state index contributed by atoms with van der Waals surface area (Å²) in [6.45, 7) is 0. The third-order valence-electron chi connectivity index (χ3n) is 3.66. The van der Waals surface area contributed by atoms with Gasteiger partial charge in [0.1, 0.15) is 0 Å². The molecule has 2 aliphatic rings. The maximum atomic E-state index is 13.6. The van der Waals surface area contributed by atoms with Crippen LogP contribution in [0.4, 0.5) is 26.3 Å². The maximum absolute atomic E-state index is 13.6. The summed E-state index contributed by atoms with van der Waals surface area (Å²) in [6, 6.07) is 0. The van der Waals surface area contributed by atoms with Crippen molar-refractivity contribution in [2.75, 3.05) is 0 Å². The first-order valence-corrected chi connectivity index (χ1v) is 6.46. The summed E-state index contributed by atoms with van der Waals surface area (Å²) in [5.41, 5.74) is -6.40. The predicted molar refractivity (Wildman–Crippen MR) is 68.2 cm³/mol. The number of halogens is 6. The molecule has 2 nitrogen and oxygen atoms in total. The Morgan fingerprint density at radius 1 is 0.652 bits per heavy atom. The molecule has 0 atom stereocenters. The molecule has 0 aliphatic heterocycles. The van der Waals surface area contributed by atoms with Gasteiger partial charge in [0, 0.05) is 12.8 Å². The van der Waals surface area contributed by atoms with Gasteiger partial charge in [0.25, 0.3) is 0 Å². The molecule has 0 bridgehead atoms. The Labute approximate surface area is 126 Å². The highest BCUT2D eigenvalue weighted by Gasteiger charge is 2.73. The van der Waals surface area contributed by atoms with Crippen LogP contribution in [0, 0.1) is 5.41 Å². The van der Waals surface area contributed by atoms with Gasteiger partial charge in [0.05, 0.1) is 0 Å².